The first kappa shape index (κ1) is 11.3. The standard InChI is InChI=1S/C15H22NO2/c1-2-13(18)16-11-5-7-3-9(11)14-8-4-10(15(7)14)12(17)6-8/h2,7-12,14-15,17H,3-6H2,1H3,(H,16,18). The summed E-state index contributed by atoms with van der Waals surface area (Å²) in [7, 11) is 0. The fourth-order valence-corrected chi connectivity index (χ4v) is 6.00. The molecular formula is C15H22NO2. The SMILES string of the molecule is C[CH]C(=O)NC1CC2CC1C1C3CC(O)C(C3)C21. The highest BCUT2D eigenvalue weighted by atomic mass is 16.3. The molecule has 0 aromatic rings. The molecule has 0 aromatic heterocycles. The van der Waals surface area contributed by atoms with Gasteiger partial charge >= 0.3 is 0 Å². The predicted octanol–water partition coefficient (Wildman–Crippen LogP) is 1.37. The highest BCUT2D eigenvalue weighted by Crippen LogP contribution is 2.67. The van der Waals surface area contributed by atoms with Gasteiger partial charge in [0.1, 0.15) is 0 Å². The summed E-state index contributed by atoms with van der Waals surface area (Å²) in [5.41, 5.74) is 0. The van der Waals surface area contributed by atoms with Gasteiger partial charge in [-0.1, -0.05) is 6.92 Å². The zero-order valence-corrected chi connectivity index (χ0v) is 10.9. The molecule has 3 nitrogen and oxygen atoms in total. The molecule has 4 fully saturated rings. The number of amides is 1. The second kappa shape index (κ2) is 3.72. The van der Waals surface area contributed by atoms with Crippen molar-refractivity contribution in [1.82, 2.24) is 5.32 Å². The molecule has 8 atom stereocenters. The molecule has 1 amide bonds. The number of hydrogen-bond acceptors (Lipinski definition) is 2. The Morgan fingerprint density at radius 2 is 1.78 bits per heavy atom. The number of aliphatic hydroxyl groups is 1. The fourth-order valence-electron chi connectivity index (χ4n) is 6.00. The molecule has 4 rings (SSSR count). The fraction of sp³-hybridized carbons (Fsp3) is 0.867. The maximum absolute atomic E-state index is 11.5. The average Bonchev–Trinajstić information content (AvgIpc) is 3.04. The molecule has 0 aromatic carbocycles. The van der Waals surface area contributed by atoms with E-state index in [1.54, 1.807) is 13.3 Å². The van der Waals surface area contributed by atoms with Gasteiger partial charge in [-0.25, -0.2) is 0 Å². The number of carbonyl (C=O) groups excluding carboxylic acids is 1. The predicted molar refractivity (Wildman–Crippen MR) is 67.3 cm³/mol. The molecule has 1 radical (unpaired) electrons. The summed E-state index contributed by atoms with van der Waals surface area (Å²) >= 11 is 0. The maximum atomic E-state index is 11.5. The smallest absolute Gasteiger partial charge is 0.223 e. The van der Waals surface area contributed by atoms with Gasteiger partial charge in [0.05, 0.1) is 6.10 Å². The largest absolute Gasteiger partial charge is 0.393 e. The number of aliphatic hydroxyl groups excluding tert-OH is 1. The number of fused-ring (bicyclic) bond motifs is 9. The molecule has 3 heteroatoms. The Kier molecular flexibility index (Phi) is 2.33. The normalized spacial score (nSPS) is 55.9. The molecule has 99 valence electrons. The van der Waals surface area contributed by atoms with Crippen molar-refractivity contribution in [2.75, 3.05) is 0 Å². The third kappa shape index (κ3) is 1.31. The summed E-state index contributed by atoms with van der Waals surface area (Å²) in [5, 5.41) is 13.3. The molecule has 8 unspecified atom stereocenters. The van der Waals surface area contributed by atoms with E-state index in [1.807, 2.05) is 0 Å². The lowest BCUT2D eigenvalue weighted by Crippen LogP contribution is -2.46. The van der Waals surface area contributed by atoms with Crippen LogP contribution in [0.5, 0.6) is 0 Å². The van der Waals surface area contributed by atoms with Gasteiger partial charge in [-0.15, -0.1) is 0 Å². The summed E-state index contributed by atoms with van der Waals surface area (Å²) < 4.78 is 0. The number of nitrogens with one attached hydrogen (secondary N) is 1. The number of hydrogen-bond donors (Lipinski definition) is 2. The van der Waals surface area contributed by atoms with Gasteiger partial charge in [0.2, 0.25) is 5.91 Å². The lowest BCUT2D eigenvalue weighted by Gasteiger charge is -2.40. The average molecular weight is 248 g/mol. The van der Waals surface area contributed by atoms with Crippen molar-refractivity contribution >= 4 is 5.91 Å². The van der Waals surface area contributed by atoms with Crippen molar-refractivity contribution in [2.24, 2.45) is 35.5 Å². The monoisotopic (exact) mass is 248 g/mol. The van der Waals surface area contributed by atoms with Gasteiger partial charge < -0.3 is 10.4 Å². The molecule has 0 heterocycles. The van der Waals surface area contributed by atoms with E-state index in [-0.39, 0.29) is 12.0 Å². The summed E-state index contributed by atoms with van der Waals surface area (Å²) in [6.45, 7) is 1.80. The Bertz CT molecular complexity index is 383. The summed E-state index contributed by atoms with van der Waals surface area (Å²) in [5.74, 6) is 4.48. The first-order valence-corrected chi connectivity index (χ1v) is 7.47. The Morgan fingerprint density at radius 3 is 2.56 bits per heavy atom. The molecule has 2 N–H and O–H groups in total. The Balaban J connectivity index is 1.53. The summed E-state index contributed by atoms with van der Waals surface area (Å²) in [6.07, 6.45) is 6.34. The van der Waals surface area contributed by atoms with Gasteiger partial charge in [0.25, 0.3) is 0 Å². The lowest BCUT2D eigenvalue weighted by atomic mass is 9.68. The molecule has 4 bridgehead atoms. The van der Waals surface area contributed by atoms with Crippen LogP contribution >= 0.6 is 0 Å². The number of rotatable bonds is 2. The van der Waals surface area contributed by atoms with Crippen LogP contribution in [0.3, 0.4) is 0 Å². The van der Waals surface area contributed by atoms with E-state index < -0.39 is 0 Å². The molecule has 4 aliphatic rings. The Labute approximate surface area is 108 Å². The van der Waals surface area contributed by atoms with E-state index in [0.29, 0.717) is 17.9 Å². The van der Waals surface area contributed by atoms with Crippen molar-refractivity contribution in [1.29, 1.82) is 0 Å². The van der Waals surface area contributed by atoms with Crippen LogP contribution < -0.4 is 5.32 Å². The zero-order chi connectivity index (χ0) is 12.4. The molecule has 0 aliphatic heterocycles. The van der Waals surface area contributed by atoms with E-state index in [9.17, 15) is 9.90 Å². The topological polar surface area (TPSA) is 49.3 Å². The van der Waals surface area contributed by atoms with Crippen molar-refractivity contribution in [2.45, 2.75) is 44.8 Å². The van der Waals surface area contributed by atoms with Gasteiger partial charge in [0.15, 0.2) is 0 Å². The van der Waals surface area contributed by atoms with Crippen LogP contribution in [0.15, 0.2) is 0 Å². The minimum Gasteiger partial charge on any atom is -0.393 e. The van der Waals surface area contributed by atoms with Gasteiger partial charge in [-0.3, -0.25) is 4.79 Å². The zero-order valence-electron chi connectivity index (χ0n) is 10.9. The highest BCUT2D eigenvalue weighted by Gasteiger charge is 2.64. The van der Waals surface area contributed by atoms with Crippen LogP contribution in [0.4, 0.5) is 0 Å². The highest BCUT2D eigenvalue weighted by molar-refractivity contribution is 5.84. The van der Waals surface area contributed by atoms with Crippen LogP contribution in [-0.4, -0.2) is 23.2 Å². The van der Waals surface area contributed by atoms with Crippen LogP contribution in [0, 0.1) is 41.9 Å². The maximum Gasteiger partial charge on any atom is 0.223 e. The first-order chi connectivity index (χ1) is 8.69. The first-order valence-electron chi connectivity index (χ1n) is 7.47. The minimum atomic E-state index is -0.0207. The Hall–Kier alpha value is -0.570. The van der Waals surface area contributed by atoms with Crippen molar-refractivity contribution in [3.63, 3.8) is 0 Å². The van der Waals surface area contributed by atoms with Crippen molar-refractivity contribution in [3.05, 3.63) is 6.42 Å². The lowest BCUT2D eigenvalue weighted by molar-refractivity contribution is -0.119. The van der Waals surface area contributed by atoms with E-state index >= 15 is 0 Å². The van der Waals surface area contributed by atoms with Gasteiger partial charge in [-0.05, 0) is 61.2 Å². The van der Waals surface area contributed by atoms with Crippen LogP contribution in [-0.2, 0) is 4.79 Å². The quantitative estimate of drug-likeness (QED) is 0.725. The van der Waals surface area contributed by atoms with E-state index in [2.05, 4.69) is 5.32 Å². The molecule has 0 spiro atoms. The van der Waals surface area contributed by atoms with Crippen molar-refractivity contribution < 1.29 is 9.90 Å². The molecular weight excluding hydrogens is 226 g/mol. The second-order valence-electron chi connectivity index (χ2n) is 6.92. The minimum absolute atomic E-state index is 0.0207. The van der Waals surface area contributed by atoms with Crippen LogP contribution in [0.1, 0.15) is 32.6 Å². The molecule has 0 saturated heterocycles. The third-order valence-corrected chi connectivity index (χ3v) is 6.37. The molecule has 4 saturated carbocycles. The second-order valence-corrected chi connectivity index (χ2v) is 6.92. The molecule has 18 heavy (non-hydrogen) atoms. The van der Waals surface area contributed by atoms with Crippen molar-refractivity contribution in [3.8, 4) is 0 Å². The molecule has 4 aliphatic carbocycles. The van der Waals surface area contributed by atoms with E-state index in [1.165, 1.54) is 12.8 Å². The summed E-state index contributed by atoms with van der Waals surface area (Å²) in [6, 6.07) is 0.413. The van der Waals surface area contributed by atoms with E-state index in [4.69, 9.17) is 0 Å². The van der Waals surface area contributed by atoms with Gasteiger partial charge in [0, 0.05) is 12.5 Å². The van der Waals surface area contributed by atoms with Gasteiger partial charge in [-0.2, -0.15) is 0 Å². The third-order valence-electron chi connectivity index (χ3n) is 6.37. The Morgan fingerprint density at radius 1 is 1.11 bits per heavy atom. The number of carbonyl (C=O) groups is 1. The van der Waals surface area contributed by atoms with Crippen LogP contribution in [0.25, 0.3) is 0 Å². The van der Waals surface area contributed by atoms with E-state index in [0.717, 1.165) is 36.5 Å². The summed E-state index contributed by atoms with van der Waals surface area (Å²) in [4.78, 5) is 11.5. The van der Waals surface area contributed by atoms with Crippen LogP contribution in [0.2, 0.25) is 0 Å².